The zero-order valence-corrected chi connectivity index (χ0v) is 4.46. The van der Waals surface area contributed by atoms with Crippen molar-refractivity contribution in [3.63, 3.8) is 0 Å². The molecule has 0 rings (SSSR count). The number of hydrogen-bond acceptors (Lipinski definition) is 3. The Hall–Kier alpha value is -0.0551. The average Bonchev–Trinajstić information content (AvgIpc) is 1.65. The van der Waals surface area contributed by atoms with Crippen LogP contribution in [0.4, 0.5) is 0 Å². The van der Waals surface area contributed by atoms with Gasteiger partial charge < -0.3 is 9.94 Å². The zero-order valence-electron chi connectivity index (χ0n) is 4.46. The molecule has 0 aromatic rings. The molecule has 1 unspecified atom stereocenters. The second-order valence-corrected chi connectivity index (χ2v) is 1.14. The Labute approximate surface area is 44.2 Å². The average molecular weight is 101 g/mol. The van der Waals surface area contributed by atoms with E-state index in [1.54, 1.807) is 0 Å². The van der Waals surface area contributed by atoms with Crippen LogP contribution < -0.4 is 0 Å². The summed E-state index contributed by atoms with van der Waals surface area (Å²) in [5.74, 6) is 0. The maximum absolute atomic E-state index is 8.40. The van der Waals surface area contributed by atoms with E-state index >= 15 is 0 Å². The molecule has 0 amide bonds. The Morgan fingerprint density at radius 2 is 2.29 bits per heavy atom. The second-order valence-electron chi connectivity index (χ2n) is 1.14. The van der Waals surface area contributed by atoms with Gasteiger partial charge in [0.15, 0.2) is 0 Å². The Bertz CT molecular complexity index is 50.2. The molecule has 0 aromatic heterocycles. The quantitative estimate of drug-likeness (QED) is 0.273. The molecular weight excluding hydrogens is 92.8 g/mol. The second kappa shape index (κ2) is 3.01. The molecule has 1 atom stereocenters. The molecule has 3 nitrogen and oxygen atoms in total. The van der Waals surface area contributed by atoms with Crippen molar-refractivity contribution >= 4 is 7.85 Å². The first-order valence-corrected chi connectivity index (χ1v) is 1.89. The monoisotopic (exact) mass is 101 g/mol. The minimum absolute atomic E-state index is 1.02. The highest BCUT2D eigenvalue weighted by Gasteiger charge is 1.98. The third-order valence-electron chi connectivity index (χ3n) is 0.661. The van der Waals surface area contributed by atoms with Gasteiger partial charge in [-0.25, -0.2) is 0 Å². The number of aliphatic hydroxyl groups is 1. The van der Waals surface area contributed by atoms with Gasteiger partial charge in [0, 0.05) is 7.05 Å². The lowest BCUT2D eigenvalue weighted by molar-refractivity contribution is -0.172. The molecule has 1 N–H and O–H groups in total. The van der Waals surface area contributed by atoms with Gasteiger partial charge in [0.1, 0.15) is 7.85 Å². The standard InChI is InChI=1S/C3H8BNO2/c1-5(7-2)3(4)6/h3,6H,1-2H3. The van der Waals surface area contributed by atoms with Crippen LogP contribution in [0, 0.1) is 0 Å². The topological polar surface area (TPSA) is 32.7 Å². The minimum atomic E-state index is -1.02. The molecule has 0 aliphatic heterocycles. The lowest BCUT2D eigenvalue weighted by Crippen LogP contribution is -2.30. The molecule has 0 heterocycles. The summed E-state index contributed by atoms with van der Waals surface area (Å²) in [7, 11) is 7.86. The van der Waals surface area contributed by atoms with Crippen LogP contribution in [0.3, 0.4) is 0 Å². The smallest absolute Gasteiger partial charge is 0.133 e. The summed E-state index contributed by atoms with van der Waals surface area (Å²) in [5.41, 5.74) is 0. The number of hydrogen-bond donors (Lipinski definition) is 1. The molecule has 7 heavy (non-hydrogen) atoms. The van der Waals surface area contributed by atoms with Crippen molar-refractivity contribution in [1.82, 2.24) is 5.06 Å². The maximum Gasteiger partial charge on any atom is 0.133 e. The Morgan fingerprint density at radius 3 is 2.29 bits per heavy atom. The van der Waals surface area contributed by atoms with E-state index in [0.717, 1.165) is 5.06 Å². The summed E-state index contributed by atoms with van der Waals surface area (Å²) in [5, 5.41) is 9.52. The van der Waals surface area contributed by atoms with Crippen LogP contribution in [0.15, 0.2) is 0 Å². The van der Waals surface area contributed by atoms with E-state index in [9.17, 15) is 0 Å². The van der Waals surface area contributed by atoms with Crippen molar-refractivity contribution < 1.29 is 9.94 Å². The van der Waals surface area contributed by atoms with Crippen LogP contribution >= 0.6 is 0 Å². The van der Waals surface area contributed by atoms with Gasteiger partial charge in [0.05, 0.1) is 13.2 Å². The summed E-state index contributed by atoms with van der Waals surface area (Å²) in [6.07, 6.45) is -1.02. The summed E-state index contributed by atoms with van der Waals surface area (Å²) in [4.78, 5) is 4.47. The molecule has 0 aromatic carbocycles. The molecule has 2 radical (unpaired) electrons. The number of nitrogens with zero attached hydrogens (tertiary/aromatic N) is 1. The minimum Gasteiger partial charge on any atom is -0.386 e. The molecule has 0 saturated heterocycles. The SMILES string of the molecule is [B]C(O)N(C)OC. The van der Waals surface area contributed by atoms with Gasteiger partial charge in [0.2, 0.25) is 0 Å². The molecule has 0 fully saturated rings. The van der Waals surface area contributed by atoms with E-state index < -0.39 is 6.13 Å². The van der Waals surface area contributed by atoms with Crippen LogP contribution in [-0.2, 0) is 4.84 Å². The molecule has 40 valence electrons. The first kappa shape index (κ1) is 6.94. The highest BCUT2D eigenvalue weighted by molar-refractivity contribution is 6.10. The third-order valence-corrected chi connectivity index (χ3v) is 0.661. The van der Waals surface area contributed by atoms with Crippen molar-refractivity contribution in [3.8, 4) is 0 Å². The van der Waals surface area contributed by atoms with Crippen molar-refractivity contribution in [3.05, 3.63) is 0 Å². The van der Waals surface area contributed by atoms with Crippen molar-refractivity contribution in [2.75, 3.05) is 14.2 Å². The van der Waals surface area contributed by atoms with Gasteiger partial charge in [-0.1, -0.05) is 0 Å². The van der Waals surface area contributed by atoms with Gasteiger partial charge in [-0.15, -0.1) is 0 Å². The van der Waals surface area contributed by atoms with Gasteiger partial charge >= 0.3 is 0 Å². The van der Waals surface area contributed by atoms with Crippen molar-refractivity contribution in [2.45, 2.75) is 6.13 Å². The highest BCUT2D eigenvalue weighted by atomic mass is 16.7. The predicted molar refractivity (Wildman–Crippen MR) is 26.5 cm³/mol. The molecule has 0 bridgehead atoms. The predicted octanol–water partition coefficient (Wildman–Crippen LogP) is -1.08. The van der Waals surface area contributed by atoms with E-state index in [1.165, 1.54) is 14.2 Å². The first-order valence-electron chi connectivity index (χ1n) is 1.89. The summed E-state index contributed by atoms with van der Waals surface area (Å²) >= 11 is 0. The fourth-order valence-electron chi connectivity index (χ4n) is 0.108. The lowest BCUT2D eigenvalue weighted by atomic mass is 10.1. The normalized spacial score (nSPS) is 14.9. The molecule has 0 spiro atoms. The maximum atomic E-state index is 8.40. The first-order chi connectivity index (χ1) is 3.18. The fraction of sp³-hybridized carbons (Fsp3) is 1.00. The van der Waals surface area contributed by atoms with Crippen molar-refractivity contribution in [2.24, 2.45) is 0 Å². The van der Waals surface area contributed by atoms with Crippen LogP contribution in [0.25, 0.3) is 0 Å². The molecule has 0 aliphatic carbocycles. The summed E-state index contributed by atoms with van der Waals surface area (Å²) in [6, 6.07) is 0. The highest BCUT2D eigenvalue weighted by Crippen LogP contribution is 1.82. The molecule has 0 aliphatic rings. The zero-order chi connectivity index (χ0) is 5.86. The lowest BCUT2D eigenvalue weighted by Gasteiger charge is -2.15. The summed E-state index contributed by atoms with van der Waals surface area (Å²) in [6.45, 7) is 0. The van der Waals surface area contributed by atoms with Crippen LogP contribution in [-0.4, -0.2) is 38.3 Å². The van der Waals surface area contributed by atoms with E-state index in [-0.39, 0.29) is 0 Å². The van der Waals surface area contributed by atoms with Gasteiger partial charge in [-0.3, -0.25) is 0 Å². The van der Waals surface area contributed by atoms with Crippen LogP contribution in [0.5, 0.6) is 0 Å². The Balaban J connectivity index is 3.14. The molecule has 4 heteroatoms. The van der Waals surface area contributed by atoms with Crippen LogP contribution in [0.2, 0.25) is 0 Å². The Morgan fingerprint density at radius 1 is 1.86 bits per heavy atom. The van der Waals surface area contributed by atoms with Gasteiger partial charge in [-0.2, -0.15) is 5.06 Å². The van der Waals surface area contributed by atoms with Crippen LogP contribution in [0.1, 0.15) is 0 Å². The van der Waals surface area contributed by atoms with E-state index in [2.05, 4.69) is 4.84 Å². The fourth-order valence-corrected chi connectivity index (χ4v) is 0.108. The third kappa shape index (κ3) is 2.62. The Kier molecular flexibility index (Phi) is 2.99. The van der Waals surface area contributed by atoms with Gasteiger partial charge in [-0.05, 0) is 0 Å². The van der Waals surface area contributed by atoms with Gasteiger partial charge in [0.25, 0.3) is 0 Å². The molecular formula is C3H8BNO2. The molecule has 0 saturated carbocycles. The largest absolute Gasteiger partial charge is 0.386 e. The number of rotatable bonds is 2. The number of aliphatic hydroxyl groups excluding tert-OH is 1. The van der Waals surface area contributed by atoms with E-state index in [4.69, 9.17) is 13.0 Å². The van der Waals surface area contributed by atoms with E-state index in [0.29, 0.717) is 0 Å². The van der Waals surface area contributed by atoms with Crippen molar-refractivity contribution in [1.29, 1.82) is 0 Å². The van der Waals surface area contributed by atoms with E-state index in [1.807, 2.05) is 0 Å². The summed E-state index contributed by atoms with van der Waals surface area (Å²) < 4.78 is 0. The number of hydroxylamine groups is 2.